The van der Waals surface area contributed by atoms with E-state index in [2.05, 4.69) is 43.4 Å². The fraction of sp³-hybridized carbons (Fsp3) is 0.294. The average Bonchev–Trinajstić information content (AvgIpc) is 2.46. The van der Waals surface area contributed by atoms with Crippen LogP contribution in [0.3, 0.4) is 0 Å². The molecule has 0 saturated carbocycles. The number of ether oxygens (including phenoxy) is 1. The smallest absolute Gasteiger partial charge is 0.165 e. The van der Waals surface area contributed by atoms with Crippen LogP contribution in [0.2, 0.25) is 0 Å². The van der Waals surface area contributed by atoms with Gasteiger partial charge in [0.1, 0.15) is 0 Å². The molecule has 0 unspecified atom stereocenters. The topological polar surface area (TPSA) is 21.3 Å². The van der Waals surface area contributed by atoms with Gasteiger partial charge in [-0.2, -0.15) is 0 Å². The van der Waals surface area contributed by atoms with Crippen LogP contribution in [0.25, 0.3) is 0 Å². The summed E-state index contributed by atoms with van der Waals surface area (Å²) in [4.78, 5) is 0. The quantitative estimate of drug-likeness (QED) is 0.861. The number of hydrogen-bond acceptors (Lipinski definition) is 2. The molecule has 1 N–H and O–H groups in total. The average molecular weight is 273 g/mol. The van der Waals surface area contributed by atoms with E-state index in [-0.39, 0.29) is 11.6 Å². The summed E-state index contributed by atoms with van der Waals surface area (Å²) in [5.74, 6) is 0.447. The van der Waals surface area contributed by atoms with Crippen LogP contribution in [0.5, 0.6) is 5.75 Å². The van der Waals surface area contributed by atoms with Gasteiger partial charge in [0.15, 0.2) is 11.6 Å². The third kappa shape index (κ3) is 3.50. The molecule has 0 bridgehead atoms. The summed E-state index contributed by atoms with van der Waals surface area (Å²) in [6.07, 6.45) is 0. The molecule has 0 heterocycles. The zero-order chi connectivity index (χ0) is 14.5. The number of hydrogen-bond donors (Lipinski definition) is 1. The van der Waals surface area contributed by atoms with E-state index in [0.717, 1.165) is 5.69 Å². The first-order chi connectivity index (χ1) is 9.60. The lowest BCUT2D eigenvalue weighted by Crippen LogP contribution is -2.00. The van der Waals surface area contributed by atoms with Crippen molar-refractivity contribution < 1.29 is 9.13 Å². The molecule has 0 fully saturated rings. The van der Waals surface area contributed by atoms with Gasteiger partial charge in [-0.15, -0.1) is 0 Å². The van der Waals surface area contributed by atoms with Crippen LogP contribution in [0, 0.1) is 5.82 Å². The highest BCUT2D eigenvalue weighted by atomic mass is 19.1. The minimum absolute atomic E-state index is 0.255. The predicted octanol–water partition coefficient (Wildman–Crippen LogP) is 4.57. The maximum Gasteiger partial charge on any atom is 0.165 e. The molecule has 0 spiro atoms. The van der Waals surface area contributed by atoms with Crippen molar-refractivity contribution in [2.24, 2.45) is 0 Å². The first kappa shape index (κ1) is 14.4. The molecule has 0 aliphatic carbocycles. The molecular weight excluding hydrogens is 253 g/mol. The van der Waals surface area contributed by atoms with Crippen molar-refractivity contribution in [3.05, 3.63) is 59.4 Å². The first-order valence-electron chi connectivity index (χ1n) is 6.76. The first-order valence-corrected chi connectivity index (χ1v) is 6.76. The van der Waals surface area contributed by atoms with E-state index in [1.165, 1.54) is 24.3 Å². The summed E-state index contributed by atoms with van der Waals surface area (Å²) in [5.41, 5.74) is 3.37. The molecule has 0 amide bonds. The molecule has 2 aromatic rings. The monoisotopic (exact) mass is 273 g/mol. The van der Waals surface area contributed by atoms with Gasteiger partial charge in [0.2, 0.25) is 0 Å². The Morgan fingerprint density at radius 2 is 1.80 bits per heavy atom. The molecule has 2 nitrogen and oxygen atoms in total. The van der Waals surface area contributed by atoms with Crippen LogP contribution >= 0.6 is 0 Å². The second-order valence-electron chi connectivity index (χ2n) is 5.10. The summed E-state index contributed by atoms with van der Waals surface area (Å²) in [5, 5.41) is 3.26. The van der Waals surface area contributed by atoms with Gasteiger partial charge in [-0.05, 0) is 29.2 Å². The molecule has 0 aliphatic rings. The molecule has 0 atom stereocenters. The summed E-state index contributed by atoms with van der Waals surface area (Å²) in [7, 11) is 1.47. The number of nitrogens with one attached hydrogen (secondary N) is 1. The summed E-state index contributed by atoms with van der Waals surface area (Å²) < 4.78 is 18.3. The third-order valence-corrected chi connectivity index (χ3v) is 3.29. The maximum atomic E-state index is 13.3. The number of rotatable bonds is 5. The highest BCUT2D eigenvalue weighted by Gasteiger charge is 2.03. The summed E-state index contributed by atoms with van der Waals surface area (Å²) in [6.45, 7) is 5.06. The number of benzene rings is 2. The Hall–Kier alpha value is -2.03. The Balaban J connectivity index is 2.01. The Morgan fingerprint density at radius 3 is 2.40 bits per heavy atom. The van der Waals surface area contributed by atoms with Crippen molar-refractivity contribution >= 4 is 5.69 Å². The molecule has 106 valence electrons. The number of anilines is 1. The minimum atomic E-state index is -0.348. The fourth-order valence-corrected chi connectivity index (χ4v) is 1.99. The van der Waals surface area contributed by atoms with Crippen molar-refractivity contribution in [2.75, 3.05) is 12.4 Å². The van der Waals surface area contributed by atoms with Gasteiger partial charge >= 0.3 is 0 Å². The molecule has 0 aromatic heterocycles. The van der Waals surface area contributed by atoms with Crippen molar-refractivity contribution in [2.45, 2.75) is 26.3 Å². The zero-order valence-corrected chi connectivity index (χ0v) is 12.1. The van der Waals surface area contributed by atoms with E-state index < -0.39 is 0 Å². The summed E-state index contributed by atoms with van der Waals surface area (Å²) >= 11 is 0. The van der Waals surface area contributed by atoms with Gasteiger partial charge in [0.25, 0.3) is 0 Å². The molecule has 0 saturated heterocycles. The highest BCUT2D eigenvalue weighted by molar-refractivity contribution is 5.49. The second-order valence-corrected chi connectivity index (χ2v) is 5.10. The summed E-state index contributed by atoms with van der Waals surface area (Å²) in [6, 6.07) is 13.3. The van der Waals surface area contributed by atoms with E-state index in [4.69, 9.17) is 4.74 Å². The van der Waals surface area contributed by atoms with Crippen molar-refractivity contribution in [1.82, 2.24) is 0 Å². The SMILES string of the molecule is COc1cc(NCc2ccc(C(C)C)cc2)ccc1F. The maximum absolute atomic E-state index is 13.3. The predicted molar refractivity (Wildman–Crippen MR) is 80.8 cm³/mol. The molecule has 0 radical (unpaired) electrons. The molecule has 3 heteroatoms. The van der Waals surface area contributed by atoms with Crippen molar-refractivity contribution in [3.8, 4) is 5.75 Å². The minimum Gasteiger partial charge on any atom is -0.494 e. The van der Waals surface area contributed by atoms with Gasteiger partial charge in [-0.1, -0.05) is 38.1 Å². The third-order valence-electron chi connectivity index (χ3n) is 3.29. The van der Waals surface area contributed by atoms with Crippen molar-refractivity contribution in [3.63, 3.8) is 0 Å². The van der Waals surface area contributed by atoms with Crippen LogP contribution in [0.4, 0.5) is 10.1 Å². The Kier molecular flexibility index (Phi) is 4.61. The van der Waals surface area contributed by atoms with E-state index in [9.17, 15) is 4.39 Å². The number of halogens is 1. The van der Waals surface area contributed by atoms with Crippen LogP contribution in [-0.2, 0) is 6.54 Å². The molecular formula is C17H20FNO. The second kappa shape index (κ2) is 6.42. The molecule has 0 aliphatic heterocycles. The van der Waals surface area contributed by atoms with Crippen LogP contribution in [-0.4, -0.2) is 7.11 Å². The molecule has 2 rings (SSSR count). The van der Waals surface area contributed by atoms with Gasteiger partial charge in [-0.25, -0.2) is 4.39 Å². The largest absolute Gasteiger partial charge is 0.494 e. The normalized spacial score (nSPS) is 10.7. The van der Waals surface area contributed by atoms with Gasteiger partial charge < -0.3 is 10.1 Å². The van der Waals surface area contributed by atoms with Crippen molar-refractivity contribution in [1.29, 1.82) is 0 Å². The van der Waals surface area contributed by atoms with Crippen LogP contribution in [0.15, 0.2) is 42.5 Å². The van der Waals surface area contributed by atoms with E-state index in [1.54, 1.807) is 12.1 Å². The van der Waals surface area contributed by atoms with E-state index in [1.807, 2.05) is 0 Å². The molecule has 20 heavy (non-hydrogen) atoms. The number of methoxy groups -OCH3 is 1. The highest BCUT2D eigenvalue weighted by Crippen LogP contribution is 2.22. The van der Waals surface area contributed by atoms with Gasteiger partial charge in [0, 0.05) is 18.3 Å². The lowest BCUT2D eigenvalue weighted by Gasteiger charge is -2.10. The lowest BCUT2D eigenvalue weighted by molar-refractivity contribution is 0.387. The molecule has 2 aromatic carbocycles. The van der Waals surface area contributed by atoms with Gasteiger partial charge in [0.05, 0.1) is 7.11 Å². The lowest BCUT2D eigenvalue weighted by atomic mass is 10.0. The van der Waals surface area contributed by atoms with Crippen LogP contribution in [0.1, 0.15) is 30.9 Å². The zero-order valence-electron chi connectivity index (χ0n) is 12.1. The standard InChI is InChI=1S/C17H20FNO/c1-12(2)14-6-4-13(5-7-14)11-19-15-8-9-16(18)17(10-15)20-3/h4-10,12,19H,11H2,1-3H3. The Morgan fingerprint density at radius 1 is 1.10 bits per heavy atom. The van der Waals surface area contributed by atoms with Crippen LogP contribution < -0.4 is 10.1 Å². The van der Waals surface area contributed by atoms with E-state index >= 15 is 0 Å². The Bertz CT molecular complexity index is 564. The van der Waals surface area contributed by atoms with E-state index in [0.29, 0.717) is 12.5 Å². The Labute approximate surface area is 119 Å². The fourth-order valence-electron chi connectivity index (χ4n) is 1.99. The van der Waals surface area contributed by atoms with Gasteiger partial charge in [-0.3, -0.25) is 0 Å².